The van der Waals surface area contributed by atoms with Crippen molar-refractivity contribution in [2.24, 2.45) is 17.8 Å². The van der Waals surface area contributed by atoms with Gasteiger partial charge in [-0.3, -0.25) is 4.79 Å². The van der Waals surface area contributed by atoms with Crippen LogP contribution in [0.25, 0.3) is 0 Å². The Morgan fingerprint density at radius 2 is 1.52 bits per heavy atom. The van der Waals surface area contributed by atoms with Crippen LogP contribution in [0.2, 0.25) is 0 Å². The molecule has 1 atom stereocenters. The first-order valence-electron chi connectivity index (χ1n) is 10.6. The number of hydrogen-bond donors (Lipinski definition) is 2. The minimum Gasteiger partial charge on any atom is -0.391 e. The van der Waals surface area contributed by atoms with Gasteiger partial charge < -0.3 is 10.4 Å². The molecular formula is C22H27N5O2. The first-order chi connectivity index (χ1) is 14.0. The maximum atomic E-state index is 14.0. The van der Waals surface area contributed by atoms with Gasteiger partial charge in [0, 0.05) is 17.9 Å². The molecule has 4 fully saturated rings. The third-order valence-electron chi connectivity index (χ3n) is 7.37. The second-order valence-electron chi connectivity index (χ2n) is 9.33. The zero-order chi connectivity index (χ0) is 20.1. The van der Waals surface area contributed by atoms with Crippen LogP contribution in [0, 0.1) is 17.8 Å². The second-order valence-corrected chi connectivity index (χ2v) is 9.33. The average molecular weight is 393 g/mol. The summed E-state index contributed by atoms with van der Waals surface area (Å²) in [5, 5.41) is 14.4. The molecule has 1 amide bonds. The third-order valence-corrected chi connectivity index (χ3v) is 7.37. The molecule has 0 aromatic carbocycles. The lowest BCUT2D eigenvalue weighted by atomic mass is 9.53. The molecular weight excluding hydrogens is 366 g/mol. The molecule has 7 heteroatoms. The predicted molar refractivity (Wildman–Crippen MR) is 106 cm³/mol. The fourth-order valence-corrected chi connectivity index (χ4v) is 6.63. The summed E-state index contributed by atoms with van der Waals surface area (Å²) in [4.78, 5) is 30.7. The summed E-state index contributed by atoms with van der Waals surface area (Å²) in [6.07, 6.45) is 12.0. The molecule has 6 rings (SSSR count). The monoisotopic (exact) mass is 393 g/mol. The molecule has 4 bridgehead atoms. The predicted octanol–water partition coefficient (Wildman–Crippen LogP) is 2.02. The van der Waals surface area contributed by atoms with Gasteiger partial charge in [0.05, 0.1) is 17.5 Å². The summed E-state index contributed by atoms with van der Waals surface area (Å²) in [5.74, 6) is 1.90. The molecule has 2 N–H and O–H groups in total. The van der Waals surface area contributed by atoms with Gasteiger partial charge in [0.1, 0.15) is 12.7 Å². The normalized spacial score (nSPS) is 31.4. The highest BCUT2D eigenvalue weighted by molar-refractivity contribution is 5.92. The Labute approximate surface area is 170 Å². The Kier molecular flexibility index (Phi) is 4.38. The molecule has 0 saturated heterocycles. The van der Waals surface area contributed by atoms with Crippen LogP contribution in [0.1, 0.15) is 56.8 Å². The van der Waals surface area contributed by atoms with E-state index in [0.29, 0.717) is 29.1 Å². The first kappa shape index (κ1) is 18.6. The van der Waals surface area contributed by atoms with Crippen molar-refractivity contribution in [2.75, 3.05) is 0 Å². The van der Waals surface area contributed by atoms with Gasteiger partial charge in [-0.1, -0.05) is 0 Å². The molecule has 2 heterocycles. The number of aliphatic hydroxyl groups excluding tert-OH is 1. The van der Waals surface area contributed by atoms with E-state index < -0.39 is 11.5 Å². The molecule has 29 heavy (non-hydrogen) atoms. The van der Waals surface area contributed by atoms with Gasteiger partial charge >= 0.3 is 0 Å². The third kappa shape index (κ3) is 2.94. The molecule has 4 saturated carbocycles. The van der Waals surface area contributed by atoms with E-state index in [1.165, 1.54) is 31.9 Å². The number of amides is 1. The molecule has 152 valence electrons. The van der Waals surface area contributed by atoms with E-state index in [1.54, 1.807) is 31.5 Å². The van der Waals surface area contributed by atoms with Crippen LogP contribution in [-0.2, 0) is 10.2 Å². The van der Waals surface area contributed by atoms with E-state index in [1.807, 2.05) is 0 Å². The Morgan fingerprint density at radius 1 is 1.03 bits per heavy atom. The van der Waals surface area contributed by atoms with Crippen molar-refractivity contribution in [3.05, 3.63) is 48.6 Å². The number of nitrogens with zero attached hydrogens (tertiary/aromatic N) is 4. The van der Waals surface area contributed by atoms with E-state index in [0.717, 1.165) is 19.3 Å². The fraction of sp³-hybridized carbons (Fsp3) is 0.591. The topological polar surface area (TPSA) is 101 Å². The Balaban J connectivity index is 1.57. The van der Waals surface area contributed by atoms with E-state index in [4.69, 9.17) is 0 Å². The summed E-state index contributed by atoms with van der Waals surface area (Å²) in [6.45, 7) is 1.63. The van der Waals surface area contributed by atoms with Crippen LogP contribution in [0.5, 0.6) is 0 Å². The van der Waals surface area contributed by atoms with Gasteiger partial charge in [-0.15, -0.1) is 0 Å². The van der Waals surface area contributed by atoms with E-state index in [9.17, 15) is 9.90 Å². The maximum Gasteiger partial charge on any atom is 0.241 e. The number of carbonyl (C=O) groups excluding carboxylic acids is 1. The van der Waals surface area contributed by atoms with Crippen molar-refractivity contribution >= 4 is 5.91 Å². The minimum absolute atomic E-state index is 0.175. The summed E-state index contributed by atoms with van der Waals surface area (Å²) in [5.41, 5.74) is -0.687. The average Bonchev–Trinajstić information content (AvgIpc) is 2.68. The highest BCUT2D eigenvalue weighted by Gasteiger charge is 2.56. The molecule has 4 aliphatic carbocycles. The standard InChI is InChI=1S/C22H27N5O2/c1-14(28)22(18-2-4-23-12-25-18,19-3-5-24-13-26-19)20(29)27-21-9-15-6-16(10-21)8-17(7-15)11-21/h2-5,12-17,28H,6-11H2,1H3,(H,27,29). The number of hydrogen-bond acceptors (Lipinski definition) is 6. The zero-order valence-electron chi connectivity index (χ0n) is 16.7. The lowest BCUT2D eigenvalue weighted by Gasteiger charge is -2.57. The summed E-state index contributed by atoms with van der Waals surface area (Å²) >= 11 is 0. The molecule has 7 nitrogen and oxygen atoms in total. The molecule has 4 aliphatic rings. The molecule has 2 aromatic rings. The van der Waals surface area contributed by atoms with E-state index in [-0.39, 0.29) is 11.4 Å². The van der Waals surface area contributed by atoms with Gasteiger partial charge in [-0.2, -0.15) is 0 Å². The maximum absolute atomic E-state index is 14.0. The van der Waals surface area contributed by atoms with Crippen molar-refractivity contribution in [3.8, 4) is 0 Å². The van der Waals surface area contributed by atoms with Gasteiger partial charge in [0.25, 0.3) is 0 Å². The quantitative estimate of drug-likeness (QED) is 0.806. The van der Waals surface area contributed by atoms with Gasteiger partial charge in [0.15, 0.2) is 5.41 Å². The van der Waals surface area contributed by atoms with Crippen LogP contribution in [0.4, 0.5) is 0 Å². The fourth-order valence-electron chi connectivity index (χ4n) is 6.63. The molecule has 1 unspecified atom stereocenters. The summed E-state index contributed by atoms with van der Waals surface area (Å²) in [6, 6.07) is 3.38. The smallest absolute Gasteiger partial charge is 0.241 e. The minimum atomic E-state index is -1.41. The second kappa shape index (κ2) is 6.83. The SMILES string of the molecule is CC(O)C(C(=O)NC12CC3CC(CC(C3)C1)C2)(c1ccncn1)c1ccncn1. The molecule has 0 spiro atoms. The number of aliphatic hydroxyl groups is 1. The highest BCUT2D eigenvalue weighted by Crippen LogP contribution is 2.56. The molecule has 2 aromatic heterocycles. The Hall–Kier alpha value is -2.41. The molecule has 0 radical (unpaired) electrons. The number of nitrogens with one attached hydrogen (secondary N) is 1. The highest BCUT2D eigenvalue weighted by atomic mass is 16.3. The van der Waals surface area contributed by atoms with Crippen molar-refractivity contribution in [2.45, 2.75) is 62.5 Å². The lowest BCUT2D eigenvalue weighted by molar-refractivity contribution is -0.135. The van der Waals surface area contributed by atoms with Crippen LogP contribution in [0.3, 0.4) is 0 Å². The largest absolute Gasteiger partial charge is 0.391 e. The van der Waals surface area contributed by atoms with Gasteiger partial charge in [0.2, 0.25) is 5.91 Å². The van der Waals surface area contributed by atoms with Crippen LogP contribution < -0.4 is 5.32 Å². The van der Waals surface area contributed by atoms with Crippen LogP contribution >= 0.6 is 0 Å². The van der Waals surface area contributed by atoms with Crippen LogP contribution in [0.15, 0.2) is 37.2 Å². The Bertz CT molecular complexity index is 812. The number of aromatic nitrogens is 4. The van der Waals surface area contributed by atoms with Crippen molar-refractivity contribution in [3.63, 3.8) is 0 Å². The molecule has 0 aliphatic heterocycles. The number of rotatable bonds is 5. The van der Waals surface area contributed by atoms with E-state index in [2.05, 4.69) is 25.3 Å². The summed E-state index contributed by atoms with van der Waals surface area (Å²) < 4.78 is 0. The van der Waals surface area contributed by atoms with Gasteiger partial charge in [-0.05, 0) is 75.3 Å². The summed E-state index contributed by atoms with van der Waals surface area (Å²) in [7, 11) is 0. The first-order valence-corrected chi connectivity index (χ1v) is 10.6. The zero-order valence-corrected chi connectivity index (χ0v) is 16.7. The van der Waals surface area contributed by atoms with Crippen LogP contribution in [-0.4, -0.2) is 42.6 Å². The lowest BCUT2D eigenvalue weighted by Crippen LogP contribution is -2.64. The van der Waals surface area contributed by atoms with Gasteiger partial charge in [-0.25, -0.2) is 19.9 Å². The Morgan fingerprint density at radius 3 is 1.90 bits per heavy atom. The van der Waals surface area contributed by atoms with Crippen molar-refractivity contribution in [1.82, 2.24) is 25.3 Å². The van der Waals surface area contributed by atoms with E-state index >= 15 is 0 Å². The van der Waals surface area contributed by atoms with Crippen molar-refractivity contribution in [1.29, 1.82) is 0 Å². The van der Waals surface area contributed by atoms with Crippen molar-refractivity contribution < 1.29 is 9.90 Å². The number of carbonyl (C=O) groups is 1.